The Morgan fingerprint density at radius 2 is 2.00 bits per heavy atom. The number of aryl methyl sites for hydroxylation is 1. The zero-order chi connectivity index (χ0) is 13.9. The lowest BCUT2D eigenvalue weighted by molar-refractivity contribution is 0.644. The van der Waals surface area contributed by atoms with Gasteiger partial charge in [0.25, 0.3) is 0 Å². The largest absolute Gasteiger partial charge is 0.366 e. The maximum absolute atomic E-state index is 5.76. The standard InChI is InChI=1S/C18H22N2/c1-14-5-4-6-15(11-14)12-20-13-16(9-10-19)17-7-2-3-8-18(17)20/h2-8,11,16H,9-10,12-13,19H2,1H3. The molecule has 2 aromatic carbocycles. The smallest absolute Gasteiger partial charge is 0.0429 e. The third-order valence-corrected chi connectivity index (χ3v) is 4.13. The van der Waals surface area contributed by atoms with E-state index in [0.717, 1.165) is 26.1 Å². The van der Waals surface area contributed by atoms with Gasteiger partial charge in [0.15, 0.2) is 0 Å². The number of anilines is 1. The summed E-state index contributed by atoms with van der Waals surface area (Å²) in [5, 5.41) is 0. The Kier molecular flexibility index (Phi) is 3.75. The lowest BCUT2D eigenvalue weighted by Crippen LogP contribution is -2.22. The fourth-order valence-electron chi connectivity index (χ4n) is 3.21. The van der Waals surface area contributed by atoms with Crippen LogP contribution in [0.2, 0.25) is 0 Å². The van der Waals surface area contributed by atoms with Crippen LogP contribution in [0.3, 0.4) is 0 Å². The molecule has 2 N–H and O–H groups in total. The molecule has 0 spiro atoms. The van der Waals surface area contributed by atoms with Crippen LogP contribution in [0.1, 0.15) is 29.0 Å². The van der Waals surface area contributed by atoms with E-state index in [1.54, 1.807) is 0 Å². The van der Waals surface area contributed by atoms with E-state index < -0.39 is 0 Å². The van der Waals surface area contributed by atoms with Gasteiger partial charge in [0.2, 0.25) is 0 Å². The third kappa shape index (κ3) is 2.56. The highest BCUT2D eigenvalue weighted by Crippen LogP contribution is 2.38. The summed E-state index contributed by atoms with van der Waals surface area (Å²) in [6, 6.07) is 17.5. The molecule has 1 aliphatic rings. The lowest BCUT2D eigenvalue weighted by Gasteiger charge is -2.20. The van der Waals surface area contributed by atoms with Crippen molar-refractivity contribution in [2.45, 2.75) is 25.8 Å². The Morgan fingerprint density at radius 3 is 2.80 bits per heavy atom. The van der Waals surface area contributed by atoms with Crippen molar-refractivity contribution in [3.05, 3.63) is 65.2 Å². The van der Waals surface area contributed by atoms with Crippen molar-refractivity contribution < 1.29 is 0 Å². The Balaban J connectivity index is 1.85. The number of para-hydroxylation sites is 1. The van der Waals surface area contributed by atoms with Gasteiger partial charge in [0, 0.05) is 24.7 Å². The molecule has 0 aromatic heterocycles. The fraction of sp³-hybridized carbons (Fsp3) is 0.333. The molecule has 2 aromatic rings. The molecule has 1 heterocycles. The molecule has 0 saturated heterocycles. The first-order valence-corrected chi connectivity index (χ1v) is 7.37. The van der Waals surface area contributed by atoms with Crippen molar-refractivity contribution in [1.82, 2.24) is 0 Å². The van der Waals surface area contributed by atoms with Crippen LogP contribution in [-0.4, -0.2) is 13.1 Å². The first-order valence-electron chi connectivity index (χ1n) is 7.37. The van der Waals surface area contributed by atoms with E-state index in [-0.39, 0.29) is 0 Å². The van der Waals surface area contributed by atoms with Gasteiger partial charge in [-0.25, -0.2) is 0 Å². The van der Waals surface area contributed by atoms with Crippen molar-refractivity contribution in [1.29, 1.82) is 0 Å². The summed E-state index contributed by atoms with van der Waals surface area (Å²) in [5.41, 5.74) is 11.3. The summed E-state index contributed by atoms with van der Waals surface area (Å²) < 4.78 is 0. The van der Waals surface area contributed by atoms with E-state index in [2.05, 4.69) is 60.4 Å². The zero-order valence-corrected chi connectivity index (χ0v) is 12.0. The van der Waals surface area contributed by atoms with Crippen molar-refractivity contribution >= 4 is 5.69 Å². The molecule has 104 valence electrons. The maximum Gasteiger partial charge on any atom is 0.0429 e. The number of rotatable bonds is 4. The molecule has 0 bridgehead atoms. The average Bonchev–Trinajstić information content (AvgIpc) is 2.78. The topological polar surface area (TPSA) is 29.3 Å². The van der Waals surface area contributed by atoms with Gasteiger partial charge >= 0.3 is 0 Å². The zero-order valence-electron chi connectivity index (χ0n) is 12.0. The van der Waals surface area contributed by atoms with Crippen LogP contribution in [0.25, 0.3) is 0 Å². The maximum atomic E-state index is 5.76. The van der Waals surface area contributed by atoms with E-state index in [1.165, 1.54) is 22.4 Å². The van der Waals surface area contributed by atoms with Crippen LogP contribution < -0.4 is 10.6 Å². The monoisotopic (exact) mass is 266 g/mol. The van der Waals surface area contributed by atoms with E-state index in [9.17, 15) is 0 Å². The predicted octanol–water partition coefficient (Wildman–Crippen LogP) is 3.45. The van der Waals surface area contributed by atoms with Gasteiger partial charge in [-0.15, -0.1) is 0 Å². The molecule has 0 aliphatic carbocycles. The number of benzene rings is 2. The summed E-state index contributed by atoms with van der Waals surface area (Å²) in [5.74, 6) is 0.584. The average molecular weight is 266 g/mol. The van der Waals surface area contributed by atoms with Gasteiger partial charge < -0.3 is 10.6 Å². The first-order chi connectivity index (χ1) is 9.78. The second kappa shape index (κ2) is 5.68. The minimum absolute atomic E-state index is 0.584. The molecule has 1 atom stereocenters. The predicted molar refractivity (Wildman–Crippen MR) is 85.1 cm³/mol. The number of nitrogens with two attached hydrogens (primary N) is 1. The second-order valence-corrected chi connectivity index (χ2v) is 5.70. The van der Waals surface area contributed by atoms with Crippen molar-refractivity contribution in [2.24, 2.45) is 5.73 Å². The van der Waals surface area contributed by atoms with Crippen LogP contribution in [0.15, 0.2) is 48.5 Å². The van der Waals surface area contributed by atoms with Crippen LogP contribution in [0.5, 0.6) is 0 Å². The van der Waals surface area contributed by atoms with Gasteiger partial charge in [0.05, 0.1) is 0 Å². The molecule has 2 nitrogen and oxygen atoms in total. The second-order valence-electron chi connectivity index (χ2n) is 5.70. The van der Waals surface area contributed by atoms with Crippen molar-refractivity contribution in [3.8, 4) is 0 Å². The molecule has 0 saturated carbocycles. The molecule has 2 heteroatoms. The molecule has 1 unspecified atom stereocenters. The van der Waals surface area contributed by atoms with Gasteiger partial charge in [-0.2, -0.15) is 0 Å². The first kappa shape index (κ1) is 13.2. The number of fused-ring (bicyclic) bond motifs is 1. The highest BCUT2D eigenvalue weighted by atomic mass is 15.2. The number of nitrogens with zero attached hydrogens (tertiary/aromatic N) is 1. The number of hydrogen-bond acceptors (Lipinski definition) is 2. The van der Waals surface area contributed by atoms with Crippen LogP contribution >= 0.6 is 0 Å². The Hall–Kier alpha value is -1.80. The summed E-state index contributed by atoms with van der Waals surface area (Å²) in [4.78, 5) is 2.49. The molecule has 0 amide bonds. The van der Waals surface area contributed by atoms with E-state index in [0.29, 0.717) is 5.92 Å². The summed E-state index contributed by atoms with van der Waals surface area (Å²) in [6.45, 7) is 4.99. The summed E-state index contributed by atoms with van der Waals surface area (Å²) in [7, 11) is 0. The van der Waals surface area contributed by atoms with Gasteiger partial charge in [-0.05, 0) is 37.1 Å². The quantitative estimate of drug-likeness (QED) is 0.918. The Bertz CT molecular complexity index is 591. The van der Waals surface area contributed by atoms with Gasteiger partial charge in [0.1, 0.15) is 0 Å². The molecule has 1 aliphatic heterocycles. The molecular formula is C18H22N2. The number of hydrogen-bond donors (Lipinski definition) is 1. The lowest BCUT2D eigenvalue weighted by atomic mass is 9.98. The third-order valence-electron chi connectivity index (χ3n) is 4.13. The highest BCUT2D eigenvalue weighted by Gasteiger charge is 2.27. The van der Waals surface area contributed by atoms with Crippen molar-refractivity contribution in [3.63, 3.8) is 0 Å². The van der Waals surface area contributed by atoms with Crippen LogP contribution in [0.4, 0.5) is 5.69 Å². The minimum Gasteiger partial charge on any atom is -0.366 e. The normalized spacial score (nSPS) is 17.3. The molecule has 0 radical (unpaired) electrons. The Labute approximate surface area is 121 Å². The minimum atomic E-state index is 0.584. The fourth-order valence-corrected chi connectivity index (χ4v) is 3.21. The SMILES string of the molecule is Cc1cccc(CN2CC(CCN)c3ccccc32)c1. The molecular weight excluding hydrogens is 244 g/mol. The molecule has 20 heavy (non-hydrogen) atoms. The highest BCUT2D eigenvalue weighted by molar-refractivity contribution is 5.60. The Morgan fingerprint density at radius 1 is 1.15 bits per heavy atom. The molecule has 0 fully saturated rings. The van der Waals surface area contributed by atoms with Crippen LogP contribution in [0, 0.1) is 6.92 Å². The summed E-state index contributed by atoms with van der Waals surface area (Å²) >= 11 is 0. The summed E-state index contributed by atoms with van der Waals surface area (Å²) in [6.07, 6.45) is 1.07. The van der Waals surface area contributed by atoms with Crippen molar-refractivity contribution in [2.75, 3.05) is 18.0 Å². The van der Waals surface area contributed by atoms with E-state index in [1.807, 2.05) is 0 Å². The molecule has 3 rings (SSSR count). The van der Waals surface area contributed by atoms with E-state index in [4.69, 9.17) is 5.73 Å². The van der Waals surface area contributed by atoms with Crippen LogP contribution in [-0.2, 0) is 6.54 Å². The van der Waals surface area contributed by atoms with E-state index >= 15 is 0 Å². The van der Waals surface area contributed by atoms with Gasteiger partial charge in [-0.1, -0.05) is 48.0 Å². The van der Waals surface area contributed by atoms with Gasteiger partial charge in [-0.3, -0.25) is 0 Å².